The van der Waals surface area contributed by atoms with Gasteiger partial charge in [-0.1, -0.05) is 12.1 Å². The van der Waals surface area contributed by atoms with Crippen molar-refractivity contribution in [2.75, 3.05) is 23.3 Å². The Bertz CT molecular complexity index is 678. The summed E-state index contributed by atoms with van der Waals surface area (Å²) < 4.78 is 5.78. The largest absolute Gasteiger partial charge is 0.373 e. The lowest BCUT2D eigenvalue weighted by molar-refractivity contribution is -0.133. The van der Waals surface area contributed by atoms with E-state index in [0.29, 0.717) is 18.8 Å². The number of nitrogens with one attached hydrogen (secondary N) is 1. The highest BCUT2D eigenvalue weighted by molar-refractivity contribution is 6.15. The minimum atomic E-state index is -0.941. The maximum Gasteiger partial charge on any atom is 0.250 e. The number of amides is 2. The fourth-order valence-corrected chi connectivity index (χ4v) is 3.72. The number of fused-ring (bicyclic) bond motifs is 1. The van der Waals surface area contributed by atoms with Crippen LogP contribution in [0.3, 0.4) is 0 Å². The molecule has 0 radical (unpaired) electrons. The second-order valence-corrected chi connectivity index (χ2v) is 7.59. The molecule has 2 heterocycles. The number of morpholine rings is 1. The molecular formula is C19H27N3O3. The summed E-state index contributed by atoms with van der Waals surface area (Å²) in [5.74, 6) is -0.232. The van der Waals surface area contributed by atoms with Gasteiger partial charge in [-0.2, -0.15) is 0 Å². The Morgan fingerprint density at radius 3 is 2.48 bits per heavy atom. The number of rotatable bonds is 2. The zero-order valence-electron chi connectivity index (χ0n) is 15.6. The molecule has 0 unspecified atom stereocenters. The molecule has 2 amide bonds. The molecule has 3 rings (SSSR count). The normalized spacial score (nSPS) is 27.4. The molecule has 0 aromatic heterocycles. The van der Waals surface area contributed by atoms with E-state index in [9.17, 15) is 9.59 Å². The van der Waals surface area contributed by atoms with Crippen LogP contribution in [-0.4, -0.2) is 53.6 Å². The van der Waals surface area contributed by atoms with Crippen LogP contribution < -0.4 is 10.2 Å². The fourth-order valence-electron chi connectivity index (χ4n) is 3.72. The standard InChI is InChI=1S/C19H27N3O3/c1-12-10-21(11-13(2)25-12)14(3)17(23)22-16-9-7-6-8-15(16)20-18(24)19(22,4)5/h6-9,12-14H,10-11H2,1-5H3,(H,20,24)/t12-,13-,14+/m1/s1. The molecule has 0 aliphatic carbocycles. The molecule has 1 fully saturated rings. The first-order valence-electron chi connectivity index (χ1n) is 8.86. The van der Waals surface area contributed by atoms with E-state index in [4.69, 9.17) is 4.74 Å². The van der Waals surface area contributed by atoms with Gasteiger partial charge in [-0.3, -0.25) is 19.4 Å². The Morgan fingerprint density at radius 1 is 1.24 bits per heavy atom. The van der Waals surface area contributed by atoms with Gasteiger partial charge in [0.1, 0.15) is 5.54 Å². The highest BCUT2D eigenvalue weighted by Crippen LogP contribution is 2.37. The van der Waals surface area contributed by atoms with Gasteiger partial charge in [0, 0.05) is 13.1 Å². The lowest BCUT2D eigenvalue weighted by Gasteiger charge is -2.45. The zero-order valence-corrected chi connectivity index (χ0v) is 15.6. The molecule has 1 aromatic rings. The van der Waals surface area contributed by atoms with Gasteiger partial charge in [-0.15, -0.1) is 0 Å². The minimum Gasteiger partial charge on any atom is -0.373 e. The van der Waals surface area contributed by atoms with E-state index in [1.54, 1.807) is 18.7 Å². The zero-order chi connectivity index (χ0) is 18.4. The van der Waals surface area contributed by atoms with Gasteiger partial charge in [-0.25, -0.2) is 0 Å². The van der Waals surface area contributed by atoms with Crippen molar-refractivity contribution in [1.82, 2.24) is 4.90 Å². The van der Waals surface area contributed by atoms with Crippen molar-refractivity contribution in [3.8, 4) is 0 Å². The Kier molecular flexibility index (Phi) is 4.60. The lowest BCUT2D eigenvalue weighted by Crippen LogP contribution is -2.63. The quantitative estimate of drug-likeness (QED) is 0.893. The Morgan fingerprint density at radius 2 is 1.84 bits per heavy atom. The summed E-state index contributed by atoms with van der Waals surface area (Å²) in [6.07, 6.45) is 0.174. The summed E-state index contributed by atoms with van der Waals surface area (Å²) in [6, 6.07) is 7.12. The summed E-state index contributed by atoms with van der Waals surface area (Å²) in [4.78, 5) is 29.8. The van der Waals surface area contributed by atoms with E-state index in [2.05, 4.69) is 10.2 Å². The average molecular weight is 345 g/mol. The average Bonchev–Trinajstić information content (AvgIpc) is 2.53. The number of carbonyl (C=O) groups excluding carboxylic acids is 2. The van der Waals surface area contributed by atoms with Crippen LogP contribution in [-0.2, 0) is 14.3 Å². The van der Waals surface area contributed by atoms with Crippen molar-refractivity contribution >= 4 is 23.2 Å². The molecular weight excluding hydrogens is 318 g/mol. The maximum absolute atomic E-state index is 13.4. The summed E-state index contributed by atoms with van der Waals surface area (Å²) in [5, 5.41) is 2.90. The smallest absolute Gasteiger partial charge is 0.250 e. The van der Waals surface area contributed by atoms with Gasteiger partial charge in [0.05, 0.1) is 29.6 Å². The SMILES string of the molecule is C[C@@H]1CN([C@@H](C)C(=O)N2c3ccccc3NC(=O)C2(C)C)C[C@@H](C)O1. The number of ether oxygens (including phenoxy) is 1. The van der Waals surface area contributed by atoms with Crippen molar-refractivity contribution in [2.45, 2.75) is 58.4 Å². The van der Waals surface area contributed by atoms with Gasteiger partial charge in [0.15, 0.2) is 0 Å². The first kappa shape index (κ1) is 17.9. The molecule has 0 saturated carbocycles. The monoisotopic (exact) mass is 345 g/mol. The maximum atomic E-state index is 13.4. The van der Waals surface area contributed by atoms with Gasteiger partial charge in [0.25, 0.3) is 0 Å². The number of hydrogen-bond acceptors (Lipinski definition) is 4. The highest BCUT2D eigenvalue weighted by atomic mass is 16.5. The number of hydrogen-bond donors (Lipinski definition) is 1. The third-order valence-electron chi connectivity index (χ3n) is 5.08. The van der Waals surface area contributed by atoms with E-state index >= 15 is 0 Å². The second-order valence-electron chi connectivity index (χ2n) is 7.59. The van der Waals surface area contributed by atoms with Gasteiger partial charge < -0.3 is 10.1 Å². The molecule has 2 aliphatic heterocycles. The first-order valence-corrected chi connectivity index (χ1v) is 8.86. The fraction of sp³-hybridized carbons (Fsp3) is 0.579. The van der Waals surface area contributed by atoms with Crippen LogP contribution in [0.5, 0.6) is 0 Å². The molecule has 2 aliphatic rings. The first-order chi connectivity index (χ1) is 11.7. The van der Waals surface area contributed by atoms with E-state index in [0.717, 1.165) is 5.69 Å². The summed E-state index contributed by atoms with van der Waals surface area (Å²) in [7, 11) is 0. The molecule has 136 valence electrons. The summed E-state index contributed by atoms with van der Waals surface area (Å²) in [6.45, 7) is 10.9. The summed E-state index contributed by atoms with van der Waals surface area (Å²) >= 11 is 0. The van der Waals surface area contributed by atoms with E-state index < -0.39 is 5.54 Å². The van der Waals surface area contributed by atoms with Crippen molar-refractivity contribution in [3.05, 3.63) is 24.3 Å². The molecule has 0 bridgehead atoms. The van der Waals surface area contributed by atoms with E-state index in [1.165, 1.54) is 0 Å². The van der Waals surface area contributed by atoms with Gasteiger partial charge >= 0.3 is 0 Å². The minimum absolute atomic E-state index is 0.0615. The van der Waals surface area contributed by atoms with Crippen LogP contribution in [0.1, 0.15) is 34.6 Å². The molecule has 1 N–H and O–H groups in total. The summed E-state index contributed by atoms with van der Waals surface area (Å²) in [5.41, 5.74) is 0.484. The highest BCUT2D eigenvalue weighted by Gasteiger charge is 2.45. The third kappa shape index (κ3) is 3.16. The van der Waals surface area contributed by atoms with Crippen LogP contribution in [0.15, 0.2) is 24.3 Å². The Hall–Kier alpha value is -1.92. The predicted octanol–water partition coefficient (Wildman–Crippen LogP) is 2.25. The number of anilines is 2. The number of benzene rings is 1. The van der Waals surface area contributed by atoms with Crippen molar-refractivity contribution in [2.24, 2.45) is 0 Å². The van der Waals surface area contributed by atoms with Crippen LogP contribution in [0, 0.1) is 0 Å². The van der Waals surface area contributed by atoms with Crippen LogP contribution in [0.4, 0.5) is 11.4 Å². The van der Waals surface area contributed by atoms with Gasteiger partial charge in [0.2, 0.25) is 11.8 Å². The van der Waals surface area contributed by atoms with E-state index in [-0.39, 0.29) is 30.1 Å². The van der Waals surface area contributed by atoms with Crippen LogP contribution in [0.2, 0.25) is 0 Å². The molecule has 25 heavy (non-hydrogen) atoms. The molecule has 6 nitrogen and oxygen atoms in total. The van der Waals surface area contributed by atoms with Crippen LogP contribution in [0.25, 0.3) is 0 Å². The Balaban J connectivity index is 1.93. The number of nitrogens with zero attached hydrogens (tertiary/aromatic N) is 2. The van der Waals surface area contributed by atoms with Crippen LogP contribution >= 0.6 is 0 Å². The third-order valence-corrected chi connectivity index (χ3v) is 5.08. The molecule has 6 heteroatoms. The molecule has 1 saturated heterocycles. The number of carbonyl (C=O) groups is 2. The number of para-hydroxylation sites is 2. The lowest BCUT2D eigenvalue weighted by atomic mass is 9.95. The van der Waals surface area contributed by atoms with E-state index in [1.807, 2.05) is 45.0 Å². The molecule has 3 atom stereocenters. The van der Waals surface area contributed by atoms with Crippen molar-refractivity contribution in [3.63, 3.8) is 0 Å². The molecule has 0 spiro atoms. The van der Waals surface area contributed by atoms with Crippen molar-refractivity contribution in [1.29, 1.82) is 0 Å². The predicted molar refractivity (Wildman–Crippen MR) is 97.7 cm³/mol. The van der Waals surface area contributed by atoms with Gasteiger partial charge in [-0.05, 0) is 46.8 Å². The Labute approximate surface area is 149 Å². The molecule has 1 aromatic carbocycles. The topological polar surface area (TPSA) is 61.9 Å². The van der Waals surface area contributed by atoms with Crippen molar-refractivity contribution < 1.29 is 14.3 Å². The second kappa shape index (κ2) is 6.42.